The van der Waals surface area contributed by atoms with Crippen LogP contribution < -0.4 is 0 Å². The van der Waals surface area contributed by atoms with Gasteiger partial charge in [0.1, 0.15) is 6.10 Å². The minimum absolute atomic E-state index is 0.146. The monoisotopic (exact) mass is 410 g/mol. The maximum Gasteiger partial charge on any atom is 0.331 e. The molecular formula is C15H27IO3Si. The van der Waals surface area contributed by atoms with Crippen LogP contribution in [0.1, 0.15) is 34.1 Å². The molecule has 0 unspecified atom stereocenters. The molecular weight excluding hydrogens is 383 g/mol. The summed E-state index contributed by atoms with van der Waals surface area (Å²) in [5.41, 5.74) is 0.986. The van der Waals surface area contributed by atoms with Gasteiger partial charge in [-0.15, -0.1) is 6.58 Å². The fraction of sp³-hybridized carbons (Fsp3) is 0.667. The molecule has 0 spiro atoms. The Labute approximate surface area is 138 Å². The van der Waals surface area contributed by atoms with E-state index in [2.05, 4.69) is 40.4 Å². The van der Waals surface area contributed by atoms with E-state index in [0.717, 1.165) is 5.57 Å². The quantitative estimate of drug-likeness (QED) is 0.198. The van der Waals surface area contributed by atoms with E-state index in [1.165, 1.54) is 6.08 Å². The summed E-state index contributed by atoms with van der Waals surface area (Å²) in [7, 11) is -1.83. The molecule has 0 aromatic heterocycles. The summed E-state index contributed by atoms with van der Waals surface area (Å²) in [5, 5.41) is 0.146. The zero-order chi connectivity index (χ0) is 16.0. The van der Waals surface area contributed by atoms with E-state index in [1.807, 2.05) is 29.5 Å². The molecule has 0 amide bonds. The lowest BCUT2D eigenvalue weighted by Crippen LogP contribution is -2.43. The molecule has 0 rings (SSSR count). The van der Waals surface area contributed by atoms with E-state index in [4.69, 9.17) is 9.16 Å². The average Bonchev–Trinajstić information content (AvgIpc) is 2.24. The highest BCUT2D eigenvalue weighted by atomic mass is 127. The first-order chi connectivity index (χ1) is 8.99. The Morgan fingerprint density at radius 2 is 1.95 bits per heavy atom. The van der Waals surface area contributed by atoms with Crippen LogP contribution in [0.25, 0.3) is 0 Å². The van der Waals surface area contributed by atoms with E-state index in [1.54, 1.807) is 4.08 Å². The van der Waals surface area contributed by atoms with Crippen molar-refractivity contribution in [1.82, 2.24) is 0 Å². The topological polar surface area (TPSA) is 35.5 Å². The molecule has 116 valence electrons. The molecule has 0 aliphatic carbocycles. The van der Waals surface area contributed by atoms with E-state index < -0.39 is 8.32 Å². The lowest BCUT2D eigenvalue weighted by atomic mass is 10.1. The largest absolute Gasteiger partial charge is 0.456 e. The third kappa shape index (κ3) is 7.59. The molecule has 5 heteroatoms. The molecule has 0 N–H and O–H groups in total. The van der Waals surface area contributed by atoms with Gasteiger partial charge in [0, 0.05) is 12.5 Å². The number of carbonyl (C=O) groups excluding carboxylic acids is 1. The van der Waals surface area contributed by atoms with Gasteiger partial charge in [-0.05, 0) is 29.1 Å². The molecule has 0 aromatic rings. The summed E-state index contributed by atoms with van der Waals surface area (Å²) in [5.74, 6) is -0.329. The predicted molar refractivity (Wildman–Crippen MR) is 95.6 cm³/mol. The second kappa shape index (κ2) is 8.34. The van der Waals surface area contributed by atoms with Gasteiger partial charge in [-0.3, -0.25) is 0 Å². The Hall–Kier alpha value is -0.143. The van der Waals surface area contributed by atoms with Crippen molar-refractivity contribution < 1.29 is 14.0 Å². The van der Waals surface area contributed by atoms with Gasteiger partial charge in [-0.2, -0.15) is 0 Å². The lowest BCUT2D eigenvalue weighted by Gasteiger charge is -2.37. The molecule has 20 heavy (non-hydrogen) atoms. The summed E-state index contributed by atoms with van der Waals surface area (Å²) in [4.78, 5) is 11.6. The molecule has 0 saturated carbocycles. The molecule has 0 heterocycles. The van der Waals surface area contributed by atoms with E-state index >= 15 is 0 Å². The summed E-state index contributed by atoms with van der Waals surface area (Å²) in [6.07, 6.45) is 1.79. The third-order valence-electron chi connectivity index (χ3n) is 3.49. The molecule has 0 aromatic carbocycles. The van der Waals surface area contributed by atoms with Gasteiger partial charge >= 0.3 is 5.97 Å². The first-order valence-electron chi connectivity index (χ1n) is 6.75. The Balaban J connectivity index is 4.67. The minimum atomic E-state index is -1.83. The first-order valence-corrected chi connectivity index (χ1v) is 10.9. The Morgan fingerprint density at radius 3 is 2.35 bits per heavy atom. The van der Waals surface area contributed by atoms with Crippen LogP contribution in [0.15, 0.2) is 22.3 Å². The van der Waals surface area contributed by atoms with Gasteiger partial charge in [0.2, 0.25) is 0 Å². The highest BCUT2D eigenvalue weighted by molar-refractivity contribution is 14.1. The number of hydrogen-bond donors (Lipinski definition) is 0. The number of halogens is 1. The molecule has 3 nitrogen and oxygen atoms in total. The van der Waals surface area contributed by atoms with Crippen molar-refractivity contribution in [2.24, 2.45) is 0 Å². The average molecular weight is 410 g/mol. The van der Waals surface area contributed by atoms with Gasteiger partial charge in [0.25, 0.3) is 0 Å². The van der Waals surface area contributed by atoms with Gasteiger partial charge in [0.15, 0.2) is 8.32 Å². The lowest BCUT2D eigenvalue weighted by molar-refractivity contribution is -0.144. The van der Waals surface area contributed by atoms with Gasteiger partial charge in [-0.25, -0.2) is 4.79 Å². The molecule has 0 aliphatic rings. The number of hydrogen-bond acceptors (Lipinski definition) is 3. The summed E-state index contributed by atoms with van der Waals surface area (Å²) < 4.78 is 13.2. The van der Waals surface area contributed by atoms with Crippen molar-refractivity contribution in [2.75, 3.05) is 6.61 Å². The summed E-state index contributed by atoms with van der Waals surface area (Å²) >= 11 is 2.00. The smallest absolute Gasteiger partial charge is 0.331 e. The molecule has 0 bridgehead atoms. The normalized spacial score (nSPS) is 14.3. The van der Waals surface area contributed by atoms with Crippen molar-refractivity contribution in [3.05, 3.63) is 22.3 Å². The van der Waals surface area contributed by atoms with Crippen LogP contribution in [0.2, 0.25) is 18.1 Å². The minimum Gasteiger partial charge on any atom is -0.456 e. The van der Waals surface area contributed by atoms with Crippen LogP contribution in [-0.4, -0.2) is 27.0 Å². The van der Waals surface area contributed by atoms with Crippen LogP contribution >= 0.6 is 22.6 Å². The zero-order valence-electron chi connectivity index (χ0n) is 13.5. The van der Waals surface area contributed by atoms with Gasteiger partial charge in [0.05, 0.1) is 6.61 Å². The van der Waals surface area contributed by atoms with Crippen LogP contribution in [0, 0.1) is 0 Å². The Kier molecular flexibility index (Phi) is 8.28. The summed E-state index contributed by atoms with van der Waals surface area (Å²) in [6.45, 7) is 17.2. The number of esters is 1. The van der Waals surface area contributed by atoms with Crippen LogP contribution in [0.5, 0.6) is 0 Å². The highest BCUT2D eigenvalue weighted by Gasteiger charge is 2.37. The van der Waals surface area contributed by atoms with Gasteiger partial charge < -0.3 is 9.16 Å². The van der Waals surface area contributed by atoms with Crippen molar-refractivity contribution in [3.63, 3.8) is 0 Å². The van der Waals surface area contributed by atoms with Crippen molar-refractivity contribution in [1.29, 1.82) is 0 Å². The van der Waals surface area contributed by atoms with Crippen LogP contribution in [0.4, 0.5) is 0 Å². The predicted octanol–water partition coefficient (Wildman–Crippen LogP) is 4.83. The van der Waals surface area contributed by atoms with Crippen molar-refractivity contribution >= 4 is 36.9 Å². The van der Waals surface area contributed by atoms with E-state index in [0.29, 0.717) is 13.0 Å². The first kappa shape index (κ1) is 19.9. The molecule has 0 radical (unpaired) electrons. The van der Waals surface area contributed by atoms with Crippen molar-refractivity contribution in [2.45, 2.75) is 58.4 Å². The molecule has 0 aliphatic heterocycles. The Morgan fingerprint density at radius 1 is 1.40 bits per heavy atom. The molecule has 0 fully saturated rings. The zero-order valence-corrected chi connectivity index (χ0v) is 16.6. The maximum atomic E-state index is 11.6. The van der Waals surface area contributed by atoms with E-state index in [9.17, 15) is 4.79 Å². The number of carbonyl (C=O) groups is 1. The summed E-state index contributed by atoms with van der Waals surface area (Å²) in [6, 6.07) is 0. The number of rotatable bonds is 7. The van der Waals surface area contributed by atoms with Crippen LogP contribution in [0.3, 0.4) is 0 Å². The van der Waals surface area contributed by atoms with Crippen molar-refractivity contribution in [3.8, 4) is 0 Å². The highest BCUT2D eigenvalue weighted by Crippen LogP contribution is 2.36. The number of ether oxygens (including phenoxy) is 1. The van der Waals surface area contributed by atoms with Crippen LogP contribution in [-0.2, 0) is 14.0 Å². The standard InChI is InChI=1S/C15H27IO3Si/c1-12(2)10-13(19-14(17)8-9-16)11-18-20(6,7)15(3,4)5/h8-9,13H,1,10-11H2,2-7H3/b9-8-/t13-/m0/s1. The van der Waals surface area contributed by atoms with E-state index in [-0.39, 0.29) is 17.1 Å². The molecule has 0 saturated heterocycles. The second-order valence-electron chi connectivity index (χ2n) is 6.58. The fourth-order valence-electron chi connectivity index (χ4n) is 1.30. The maximum absolute atomic E-state index is 11.6. The third-order valence-corrected chi connectivity index (χ3v) is 8.35. The second-order valence-corrected chi connectivity index (χ2v) is 12.1. The Bertz CT molecular complexity index is 370. The van der Waals surface area contributed by atoms with Gasteiger partial charge in [-0.1, -0.05) is 48.9 Å². The molecule has 1 atom stereocenters. The fourth-order valence-corrected chi connectivity index (χ4v) is 2.63. The SMILES string of the molecule is C=C(C)C[C@@H](CO[Si](C)(C)C(C)(C)C)OC(=O)/C=C\I.